The van der Waals surface area contributed by atoms with Gasteiger partial charge in [-0.2, -0.15) is 0 Å². The van der Waals surface area contributed by atoms with Gasteiger partial charge >= 0.3 is 0 Å². The van der Waals surface area contributed by atoms with Crippen molar-refractivity contribution in [2.75, 3.05) is 6.54 Å². The number of phenolic OH excluding ortho intramolecular Hbond substituents is 1. The molecule has 1 saturated heterocycles. The lowest BCUT2D eigenvalue weighted by Gasteiger charge is -2.35. The maximum Gasteiger partial charge on any atom is 0.255 e. The van der Waals surface area contributed by atoms with Crippen LogP contribution < -0.4 is 0 Å². The van der Waals surface area contributed by atoms with Crippen LogP contribution in [-0.2, 0) is 0 Å². The number of aromatic hydroxyl groups is 1. The number of aryl methyl sites for hydroxylation is 1. The first-order valence-corrected chi connectivity index (χ1v) is 6.71. The third-order valence-corrected chi connectivity index (χ3v) is 4.46. The van der Waals surface area contributed by atoms with Crippen LogP contribution >= 0.6 is 0 Å². The molecule has 2 heterocycles. The maximum absolute atomic E-state index is 12.6. The number of hydrogen-bond donors (Lipinski definition) is 1. The molecule has 3 aliphatic rings. The fourth-order valence-corrected chi connectivity index (χ4v) is 3.49. The summed E-state index contributed by atoms with van der Waals surface area (Å²) >= 11 is 0. The van der Waals surface area contributed by atoms with Gasteiger partial charge in [-0.25, -0.2) is 0 Å². The summed E-state index contributed by atoms with van der Waals surface area (Å²) in [4.78, 5) is 14.5. The van der Waals surface area contributed by atoms with E-state index in [0.29, 0.717) is 5.56 Å². The molecule has 1 amide bonds. The zero-order valence-corrected chi connectivity index (χ0v) is 10.8. The first-order chi connectivity index (χ1) is 9.16. The number of hydrogen-bond acceptors (Lipinski definition) is 2. The zero-order valence-electron chi connectivity index (χ0n) is 10.8. The summed E-state index contributed by atoms with van der Waals surface area (Å²) in [5.41, 5.74) is 5.10. The van der Waals surface area contributed by atoms with E-state index in [1.807, 2.05) is 17.9 Å². The quantitative estimate of drug-likeness (QED) is 0.722. The van der Waals surface area contributed by atoms with Gasteiger partial charge < -0.3 is 10.0 Å². The molecule has 3 nitrogen and oxygen atoms in total. The van der Waals surface area contributed by atoms with E-state index in [9.17, 15) is 9.90 Å². The van der Waals surface area contributed by atoms with Gasteiger partial charge in [0.15, 0.2) is 0 Å². The number of fused-ring (bicyclic) bond motifs is 2. The molecule has 0 saturated carbocycles. The molecule has 0 aromatic heterocycles. The molecule has 1 aromatic rings. The lowest BCUT2D eigenvalue weighted by atomic mass is 9.82. The van der Waals surface area contributed by atoms with Gasteiger partial charge in [-0.05, 0) is 54.2 Å². The van der Waals surface area contributed by atoms with Crippen molar-refractivity contribution in [1.29, 1.82) is 0 Å². The van der Waals surface area contributed by atoms with Gasteiger partial charge in [0.2, 0.25) is 0 Å². The van der Waals surface area contributed by atoms with E-state index in [0.717, 1.165) is 30.5 Å². The van der Waals surface area contributed by atoms with Crippen molar-refractivity contribution < 1.29 is 9.90 Å². The molecule has 0 radical (unpaired) electrons. The van der Waals surface area contributed by atoms with E-state index >= 15 is 0 Å². The second-order valence-corrected chi connectivity index (χ2v) is 5.51. The van der Waals surface area contributed by atoms with Crippen molar-refractivity contribution in [3.8, 4) is 5.75 Å². The molecule has 1 N–H and O–H groups in total. The number of rotatable bonds is 0. The van der Waals surface area contributed by atoms with E-state index in [1.165, 1.54) is 11.1 Å². The Bertz CT molecular complexity index is 670. The molecule has 0 spiro atoms. The van der Waals surface area contributed by atoms with E-state index in [4.69, 9.17) is 0 Å². The number of carbonyl (C=O) groups excluding carboxylic acids is 1. The number of benzene rings is 1. The van der Waals surface area contributed by atoms with Crippen molar-refractivity contribution >= 4 is 11.5 Å². The Morgan fingerprint density at radius 2 is 2.11 bits per heavy atom. The van der Waals surface area contributed by atoms with Crippen molar-refractivity contribution in [1.82, 2.24) is 4.90 Å². The number of nitrogens with zero attached hydrogens (tertiary/aromatic N) is 1. The summed E-state index contributed by atoms with van der Waals surface area (Å²) in [6, 6.07) is 3.73. The normalized spacial score (nSPS) is 23.7. The third-order valence-electron chi connectivity index (χ3n) is 4.46. The molecule has 1 atom stereocenters. The lowest BCUT2D eigenvalue weighted by Crippen LogP contribution is -2.41. The predicted octanol–water partition coefficient (Wildman–Crippen LogP) is 2.64. The van der Waals surface area contributed by atoms with Crippen molar-refractivity contribution in [2.24, 2.45) is 0 Å². The molecule has 1 fully saturated rings. The molecule has 0 bridgehead atoms. The van der Waals surface area contributed by atoms with Crippen LogP contribution in [0.1, 0.15) is 34.3 Å². The van der Waals surface area contributed by atoms with Gasteiger partial charge in [0.25, 0.3) is 5.91 Å². The fourth-order valence-electron chi connectivity index (χ4n) is 3.49. The molecule has 4 rings (SSSR count). The molecule has 2 aliphatic heterocycles. The van der Waals surface area contributed by atoms with Crippen LogP contribution in [0.5, 0.6) is 5.75 Å². The molecule has 1 aromatic carbocycles. The van der Waals surface area contributed by atoms with E-state index < -0.39 is 0 Å². The Kier molecular flexibility index (Phi) is 2.00. The minimum absolute atomic E-state index is 0.0535. The van der Waals surface area contributed by atoms with Crippen LogP contribution in [0.3, 0.4) is 0 Å². The Morgan fingerprint density at radius 3 is 2.95 bits per heavy atom. The van der Waals surface area contributed by atoms with Crippen LogP contribution in [0, 0.1) is 6.92 Å². The third kappa shape index (κ3) is 1.30. The standard InChI is InChI=1S/C16H15NO2/c1-9-7-12-11-4-2-3-10-5-6-17(15(10)11)16(19)13(12)8-14(9)18/h3-4,7-8,15,18H,2,5-6H2,1H3/t15-/m1/s1. The van der Waals surface area contributed by atoms with Crippen LogP contribution in [0.4, 0.5) is 0 Å². The number of allylic oxidation sites excluding steroid dienone is 2. The van der Waals surface area contributed by atoms with Gasteiger partial charge in [0, 0.05) is 6.54 Å². The topological polar surface area (TPSA) is 40.5 Å². The van der Waals surface area contributed by atoms with Crippen LogP contribution in [0.25, 0.3) is 5.57 Å². The highest BCUT2D eigenvalue weighted by Crippen LogP contribution is 2.44. The summed E-state index contributed by atoms with van der Waals surface area (Å²) in [5.74, 6) is 0.259. The highest BCUT2D eigenvalue weighted by atomic mass is 16.3. The first-order valence-electron chi connectivity index (χ1n) is 6.71. The average molecular weight is 253 g/mol. The molecule has 3 heteroatoms. The van der Waals surface area contributed by atoms with Crippen LogP contribution in [0.2, 0.25) is 0 Å². The highest BCUT2D eigenvalue weighted by Gasteiger charge is 2.42. The van der Waals surface area contributed by atoms with E-state index in [1.54, 1.807) is 6.07 Å². The SMILES string of the molecule is Cc1cc2c(cc1O)C(=O)N1CCC3=CCC=C2[C@@H]31. The van der Waals surface area contributed by atoms with E-state index in [2.05, 4.69) is 12.2 Å². The summed E-state index contributed by atoms with van der Waals surface area (Å²) in [5, 5.41) is 9.86. The maximum atomic E-state index is 12.6. The van der Waals surface area contributed by atoms with Gasteiger partial charge in [-0.15, -0.1) is 0 Å². The Balaban J connectivity index is 1.99. The van der Waals surface area contributed by atoms with Gasteiger partial charge in [0.05, 0.1) is 11.6 Å². The number of amides is 1. The fraction of sp³-hybridized carbons (Fsp3) is 0.312. The molecule has 19 heavy (non-hydrogen) atoms. The molecule has 96 valence electrons. The minimum atomic E-state index is 0.0535. The van der Waals surface area contributed by atoms with Crippen molar-refractivity contribution in [2.45, 2.75) is 25.8 Å². The van der Waals surface area contributed by atoms with Crippen LogP contribution in [0.15, 0.2) is 29.9 Å². The average Bonchev–Trinajstić information content (AvgIpc) is 2.83. The lowest BCUT2D eigenvalue weighted by molar-refractivity contribution is 0.0762. The van der Waals surface area contributed by atoms with Crippen molar-refractivity contribution in [3.05, 3.63) is 46.5 Å². The Labute approximate surface area is 111 Å². The van der Waals surface area contributed by atoms with Crippen molar-refractivity contribution in [3.63, 3.8) is 0 Å². The number of phenols is 1. The molecular weight excluding hydrogens is 238 g/mol. The molecule has 0 unspecified atom stereocenters. The monoisotopic (exact) mass is 253 g/mol. The molecular formula is C16H15NO2. The minimum Gasteiger partial charge on any atom is -0.508 e. The summed E-state index contributed by atoms with van der Waals surface area (Å²) in [6.45, 7) is 2.67. The van der Waals surface area contributed by atoms with Gasteiger partial charge in [0.1, 0.15) is 5.75 Å². The largest absolute Gasteiger partial charge is 0.508 e. The smallest absolute Gasteiger partial charge is 0.255 e. The predicted molar refractivity (Wildman–Crippen MR) is 73.0 cm³/mol. The summed E-state index contributed by atoms with van der Waals surface area (Å²) in [6.07, 6.45) is 6.39. The summed E-state index contributed by atoms with van der Waals surface area (Å²) in [7, 11) is 0. The second-order valence-electron chi connectivity index (χ2n) is 5.51. The highest BCUT2D eigenvalue weighted by molar-refractivity contribution is 6.05. The van der Waals surface area contributed by atoms with Crippen LogP contribution in [-0.4, -0.2) is 28.5 Å². The summed E-state index contributed by atoms with van der Waals surface area (Å²) < 4.78 is 0. The Hall–Kier alpha value is -2.03. The zero-order chi connectivity index (χ0) is 13.1. The second kappa shape index (κ2) is 3.50. The van der Waals surface area contributed by atoms with E-state index in [-0.39, 0.29) is 17.7 Å². The molecule has 1 aliphatic carbocycles. The Morgan fingerprint density at radius 1 is 1.26 bits per heavy atom. The van der Waals surface area contributed by atoms with Gasteiger partial charge in [-0.1, -0.05) is 12.2 Å². The van der Waals surface area contributed by atoms with Gasteiger partial charge in [-0.3, -0.25) is 4.79 Å². The number of carbonyl (C=O) groups is 1. The first kappa shape index (κ1) is 10.9.